The highest BCUT2D eigenvalue weighted by Gasteiger charge is 2.19. The average Bonchev–Trinajstić information content (AvgIpc) is 2.65. The molecule has 1 N–H and O–H groups in total. The number of carbonyl (C=O) groups excluding carboxylic acids is 2. The zero-order valence-corrected chi connectivity index (χ0v) is 17.3. The summed E-state index contributed by atoms with van der Waals surface area (Å²) >= 11 is 0. The van der Waals surface area contributed by atoms with Crippen LogP contribution < -0.4 is 0 Å². The summed E-state index contributed by atoms with van der Waals surface area (Å²) in [5.41, 5.74) is 2.46. The minimum atomic E-state index is 0.120. The lowest BCUT2D eigenvalue weighted by Gasteiger charge is -2.28. The van der Waals surface area contributed by atoms with Crippen LogP contribution in [-0.4, -0.2) is 42.4 Å². The maximum atomic E-state index is 10.8. The van der Waals surface area contributed by atoms with E-state index >= 15 is 0 Å². The largest absolute Gasteiger partial charge is 0.400 e. The zero-order chi connectivity index (χ0) is 20.3. The van der Waals surface area contributed by atoms with Gasteiger partial charge in [-0.05, 0) is 33.1 Å². The highest BCUT2D eigenvalue weighted by Crippen LogP contribution is 2.14. The number of piperidine rings is 1. The monoisotopic (exact) mass is 353 g/mol. The summed E-state index contributed by atoms with van der Waals surface area (Å²) in [7, 11) is 1.00. The summed E-state index contributed by atoms with van der Waals surface area (Å²) in [4.78, 5) is 23.0. The van der Waals surface area contributed by atoms with Crippen molar-refractivity contribution in [3.8, 4) is 0 Å². The van der Waals surface area contributed by atoms with Gasteiger partial charge in [-0.25, -0.2) is 0 Å². The third-order valence-corrected chi connectivity index (χ3v) is 3.49. The Bertz CT molecular complexity index is 403. The number of hydrogen-bond donors (Lipinski definition) is 1. The van der Waals surface area contributed by atoms with Crippen molar-refractivity contribution < 1.29 is 14.7 Å². The van der Waals surface area contributed by atoms with Crippen molar-refractivity contribution in [2.45, 2.75) is 60.8 Å². The number of rotatable bonds is 4. The van der Waals surface area contributed by atoms with Gasteiger partial charge in [0.1, 0.15) is 6.29 Å². The second-order valence-corrected chi connectivity index (χ2v) is 5.38. The Kier molecular flexibility index (Phi) is 22.9. The molecule has 0 bridgehead atoms. The number of aldehydes is 1. The van der Waals surface area contributed by atoms with Crippen LogP contribution in [0.25, 0.3) is 0 Å². The van der Waals surface area contributed by atoms with E-state index < -0.39 is 0 Å². The van der Waals surface area contributed by atoms with Crippen molar-refractivity contribution >= 4 is 12.2 Å². The summed E-state index contributed by atoms with van der Waals surface area (Å²) < 4.78 is 0. The van der Waals surface area contributed by atoms with Crippen LogP contribution in [0.5, 0.6) is 0 Å². The normalized spacial score (nSPS) is 14.2. The van der Waals surface area contributed by atoms with Gasteiger partial charge in [-0.2, -0.15) is 0 Å². The Morgan fingerprint density at radius 2 is 1.68 bits per heavy atom. The molecule has 0 spiro atoms. The van der Waals surface area contributed by atoms with Crippen LogP contribution in [0.1, 0.15) is 60.8 Å². The lowest BCUT2D eigenvalue weighted by atomic mass is 9.99. The molecule has 0 saturated carbocycles. The number of allylic oxidation sites excluding steroid dienone is 5. The summed E-state index contributed by atoms with van der Waals surface area (Å²) in [6.07, 6.45) is 9.94. The summed E-state index contributed by atoms with van der Waals surface area (Å²) in [5, 5.41) is 7.00. The molecule has 0 aromatic rings. The number of amides is 1. The molecular formula is C21H39NO3. The highest BCUT2D eigenvalue weighted by atomic mass is 16.2. The first-order chi connectivity index (χ1) is 11.9. The molecule has 4 nitrogen and oxygen atoms in total. The quantitative estimate of drug-likeness (QED) is 0.596. The molecule has 0 atom stereocenters. The smallest absolute Gasteiger partial charge is 0.219 e. The minimum Gasteiger partial charge on any atom is -0.400 e. The highest BCUT2D eigenvalue weighted by molar-refractivity contribution is 5.73. The van der Waals surface area contributed by atoms with Crippen LogP contribution >= 0.6 is 0 Å². The number of aliphatic hydroxyl groups excluding tert-OH is 1. The molecule has 0 aromatic carbocycles. The van der Waals surface area contributed by atoms with Gasteiger partial charge >= 0.3 is 0 Å². The fraction of sp³-hybridized carbons (Fsp3) is 0.619. The maximum Gasteiger partial charge on any atom is 0.219 e. The topological polar surface area (TPSA) is 57.6 Å². The maximum absolute atomic E-state index is 10.8. The molecule has 25 heavy (non-hydrogen) atoms. The van der Waals surface area contributed by atoms with Gasteiger partial charge in [0.2, 0.25) is 5.91 Å². The average molecular weight is 354 g/mol. The van der Waals surface area contributed by atoms with E-state index in [2.05, 4.69) is 32.6 Å². The van der Waals surface area contributed by atoms with E-state index in [0.29, 0.717) is 0 Å². The van der Waals surface area contributed by atoms with Crippen LogP contribution in [0.3, 0.4) is 0 Å². The first-order valence-corrected chi connectivity index (χ1v) is 9.08. The molecule has 4 heteroatoms. The van der Waals surface area contributed by atoms with Crippen LogP contribution in [0.15, 0.2) is 36.0 Å². The first kappa shape index (κ1) is 28.1. The molecule has 0 unspecified atom stereocenters. The predicted molar refractivity (Wildman–Crippen MR) is 109 cm³/mol. The molecule has 0 radical (unpaired) electrons. The summed E-state index contributed by atoms with van der Waals surface area (Å²) in [6, 6.07) is 0. The van der Waals surface area contributed by atoms with E-state index in [1.807, 2.05) is 26.8 Å². The van der Waals surface area contributed by atoms with E-state index in [0.717, 1.165) is 45.7 Å². The molecule has 1 fully saturated rings. The number of likely N-dealkylation sites (tertiary alicyclic amines) is 1. The van der Waals surface area contributed by atoms with Gasteiger partial charge in [0, 0.05) is 33.0 Å². The van der Waals surface area contributed by atoms with Crippen LogP contribution in [-0.2, 0) is 9.59 Å². The first-order valence-electron chi connectivity index (χ1n) is 9.08. The van der Waals surface area contributed by atoms with Crippen molar-refractivity contribution in [1.29, 1.82) is 0 Å². The molecule has 1 aliphatic heterocycles. The fourth-order valence-corrected chi connectivity index (χ4v) is 2.09. The molecular weight excluding hydrogens is 314 g/mol. The van der Waals surface area contributed by atoms with Gasteiger partial charge in [-0.15, -0.1) is 0 Å². The number of nitrogens with zero attached hydrogens (tertiary/aromatic N) is 1. The Hall–Kier alpha value is -1.68. The lowest BCUT2D eigenvalue weighted by Crippen LogP contribution is -2.37. The zero-order valence-electron chi connectivity index (χ0n) is 17.3. The molecule has 0 aliphatic carbocycles. The SMILES string of the molecule is C=C(/C=C(C)\C=C/C)CC.CC.CC(=O)N1CCC(C=O)CC1.CO. The van der Waals surface area contributed by atoms with Crippen molar-refractivity contribution in [3.05, 3.63) is 36.0 Å². The second kappa shape index (κ2) is 20.4. The van der Waals surface area contributed by atoms with Crippen molar-refractivity contribution in [2.75, 3.05) is 20.2 Å². The van der Waals surface area contributed by atoms with Gasteiger partial charge in [0.15, 0.2) is 0 Å². The molecule has 1 saturated heterocycles. The molecule has 0 aromatic heterocycles. The van der Waals surface area contributed by atoms with Crippen molar-refractivity contribution in [1.82, 2.24) is 4.90 Å². The van der Waals surface area contributed by atoms with Crippen LogP contribution in [0.4, 0.5) is 0 Å². The summed E-state index contributed by atoms with van der Waals surface area (Å²) in [6.45, 7) is 17.2. The van der Waals surface area contributed by atoms with Gasteiger partial charge in [-0.1, -0.05) is 56.7 Å². The Morgan fingerprint density at radius 3 is 2.00 bits per heavy atom. The minimum absolute atomic E-state index is 0.120. The van der Waals surface area contributed by atoms with Gasteiger partial charge < -0.3 is 14.8 Å². The molecule has 1 rings (SSSR count). The van der Waals surface area contributed by atoms with E-state index in [4.69, 9.17) is 5.11 Å². The number of carbonyl (C=O) groups is 2. The van der Waals surface area contributed by atoms with E-state index in [1.165, 1.54) is 11.1 Å². The molecule has 146 valence electrons. The van der Waals surface area contributed by atoms with Crippen molar-refractivity contribution in [3.63, 3.8) is 0 Å². The number of hydrogen-bond acceptors (Lipinski definition) is 3. The molecule has 1 amide bonds. The third kappa shape index (κ3) is 16.9. The van der Waals surface area contributed by atoms with Crippen LogP contribution in [0.2, 0.25) is 0 Å². The second-order valence-electron chi connectivity index (χ2n) is 5.38. The van der Waals surface area contributed by atoms with Gasteiger partial charge in [0.25, 0.3) is 0 Å². The van der Waals surface area contributed by atoms with Gasteiger partial charge in [0.05, 0.1) is 0 Å². The standard InChI is InChI=1S/C10H16.C8H13NO2.C2H6.CH4O/c1-5-7-10(4)8-9(3)6-2;1-7(11)9-4-2-8(6-10)3-5-9;2*1-2/h5,7-8H,3,6H2,1-2,4H3;6,8H,2-5H2,1H3;1-2H3;2H,1H3/b7-5-,10-8-;;;. The van der Waals surface area contributed by atoms with Gasteiger partial charge in [-0.3, -0.25) is 4.79 Å². The predicted octanol–water partition coefficient (Wildman–Crippen LogP) is 4.55. The van der Waals surface area contributed by atoms with E-state index in [-0.39, 0.29) is 11.8 Å². The molecule has 1 aliphatic rings. The Labute approximate surface area is 155 Å². The van der Waals surface area contributed by atoms with E-state index in [1.54, 1.807) is 11.8 Å². The number of aliphatic hydroxyl groups is 1. The third-order valence-electron chi connectivity index (χ3n) is 3.49. The summed E-state index contributed by atoms with van der Waals surface area (Å²) in [5.74, 6) is 0.306. The van der Waals surface area contributed by atoms with Crippen LogP contribution in [0, 0.1) is 5.92 Å². The Balaban J connectivity index is -0.000000324. The lowest BCUT2D eigenvalue weighted by molar-refractivity contribution is -0.131. The fourth-order valence-electron chi connectivity index (χ4n) is 2.09. The van der Waals surface area contributed by atoms with Crippen molar-refractivity contribution in [2.24, 2.45) is 5.92 Å². The Morgan fingerprint density at radius 1 is 1.20 bits per heavy atom. The molecule has 1 heterocycles. The van der Waals surface area contributed by atoms with E-state index in [9.17, 15) is 9.59 Å².